The fourth-order valence-electron chi connectivity index (χ4n) is 3.19. The standard InChI is InChI=1S/C14H28O/c1-10-7-6-8-14(4,5)13(10)9-11(2)12(3)15/h10-13,15H,6-9H2,1-5H3/t10-,11+,12-,13-/m0/s1. The van der Waals surface area contributed by atoms with Crippen molar-refractivity contribution in [3.63, 3.8) is 0 Å². The van der Waals surface area contributed by atoms with Crippen molar-refractivity contribution in [3.8, 4) is 0 Å². The first-order valence-electron chi connectivity index (χ1n) is 6.52. The summed E-state index contributed by atoms with van der Waals surface area (Å²) in [6.07, 6.45) is 5.14. The van der Waals surface area contributed by atoms with E-state index in [4.69, 9.17) is 0 Å². The smallest absolute Gasteiger partial charge is 0.0537 e. The topological polar surface area (TPSA) is 20.2 Å². The molecule has 0 aromatic rings. The Bertz CT molecular complexity index is 196. The van der Waals surface area contributed by atoms with E-state index in [1.165, 1.54) is 25.7 Å². The first kappa shape index (κ1) is 13.0. The van der Waals surface area contributed by atoms with Crippen molar-refractivity contribution < 1.29 is 5.11 Å². The molecule has 1 N–H and O–H groups in total. The lowest BCUT2D eigenvalue weighted by atomic mass is 9.61. The van der Waals surface area contributed by atoms with Gasteiger partial charge in [-0.1, -0.05) is 40.5 Å². The summed E-state index contributed by atoms with van der Waals surface area (Å²) in [6, 6.07) is 0. The number of aliphatic hydroxyl groups excluding tert-OH is 1. The fourth-order valence-corrected chi connectivity index (χ4v) is 3.19. The molecule has 1 fully saturated rings. The molecule has 0 bridgehead atoms. The summed E-state index contributed by atoms with van der Waals surface area (Å²) in [4.78, 5) is 0. The van der Waals surface area contributed by atoms with Crippen molar-refractivity contribution in [3.05, 3.63) is 0 Å². The Hall–Kier alpha value is -0.0400. The van der Waals surface area contributed by atoms with Crippen molar-refractivity contribution in [1.82, 2.24) is 0 Å². The van der Waals surface area contributed by atoms with Gasteiger partial charge in [0.2, 0.25) is 0 Å². The first-order valence-corrected chi connectivity index (χ1v) is 6.52. The van der Waals surface area contributed by atoms with E-state index in [-0.39, 0.29) is 6.10 Å². The van der Waals surface area contributed by atoms with Crippen molar-refractivity contribution >= 4 is 0 Å². The SMILES string of the molecule is C[C@H](O)[C@H](C)C[C@H]1[C@@H](C)CCCC1(C)C. The number of aliphatic hydroxyl groups is 1. The highest BCUT2D eigenvalue weighted by Gasteiger charge is 2.37. The van der Waals surface area contributed by atoms with Crippen LogP contribution in [0, 0.1) is 23.2 Å². The van der Waals surface area contributed by atoms with Gasteiger partial charge in [-0.2, -0.15) is 0 Å². The van der Waals surface area contributed by atoms with Gasteiger partial charge in [-0.25, -0.2) is 0 Å². The molecule has 0 aliphatic heterocycles. The molecule has 0 aromatic heterocycles. The van der Waals surface area contributed by atoms with Crippen LogP contribution in [0.15, 0.2) is 0 Å². The maximum Gasteiger partial charge on any atom is 0.0537 e. The van der Waals surface area contributed by atoms with E-state index < -0.39 is 0 Å². The maximum atomic E-state index is 9.61. The van der Waals surface area contributed by atoms with Crippen LogP contribution in [-0.2, 0) is 0 Å². The van der Waals surface area contributed by atoms with Crippen LogP contribution in [0.5, 0.6) is 0 Å². The Morgan fingerprint density at radius 3 is 2.40 bits per heavy atom. The summed E-state index contributed by atoms with van der Waals surface area (Å²) in [5.74, 6) is 2.06. The molecule has 1 nitrogen and oxygen atoms in total. The summed E-state index contributed by atoms with van der Waals surface area (Å²) in [5, 5.41) is 9.61. The number of rotatable bonds is 3. The minimum absolute atomic E-state index is 0.157. The highest BCUT2D eigenvalue weighted by Crippen LogP contribution is 2.46. The molecule has 1 aliphatic carbocycles. The first-order chi connectivity index (χ1) is 6.84. The van der Waals surface area contributed by atoms with Gasteiger partial charge in [0.05, 0.1) is 6.10 Å². The molecule has 0 heterocycles. The third kappa shape index (κ3) is 3.21. The predicted octanol–water partition coefficient (Wildman–Crippen LogP) is 3.86. The zero-order chi connectivity index (χ0) is 11.6. The zero-order valence-electron chi connectivity index (χ0n) is 11.1. The maximum absolute atomic E-state index is 9.61. The lowest BCUT2D eigenvalue weighted by Gasteiger charge is -2.44. The zero-order valence-corrected chi connectivity index (χ0v) is 11.1. The van der Waals surface area contributed by atoms with Crippen LogP contribution in [0.3, 0.4) is 0 Å². The Kier molecular flexibility index (Phi) is 4.22. The molecule has 4 atom stereocenters. The van der Waals surface area contributed by atoms with Crippen molar-refractivity contribution in [2.24, 2.45) is 23.2 Å². The van der Waals surface area contributed by atoms with Gasteiger partial charge < -0.3 is 5.11 Å². The Balaban J connectivity index is 2.63. The van der Waals surface area contributed by atoms with Gasteiger partial charge >= 0.3 is 0 Å². The highest BCUT2D eigenvalue weighted by molar-refractivity contribution is 4.87. The van der Waals surface area contributed by atoms with Crippen LogP contribution in [0.4, 0.5) is 0 Å². The average molecular weight is 212 g/mol. The van der Waals surface area contributed by atoms with Crippen LogP contribution >= 0.6 is 0 Å². The predicted molar refractivity (Wildman–Crippen MR) is 65.7 cm³/mol. The number of hydrogen-bond donors (Lipinski definition) is 1. The summed E-state index contributed by atoms with van der Waals surface area (Å²) >= 11 is 0. The molecular weight excluding hydrogens is 184 g/mol. The molecule has 0 saturated heterocycles. The highest BCUT2D eigenvalue weighted by atomic mass is 16.3. The minimum Gasteiger partial charge on any atom is -0.393 e. The van der Waals surface area contributed by atoms with Gasteiger partial charge in [0.25, 0.3) is 0 Å². The van der Waals surface area contributed by atoms with Crippen LogP contribution in [0.2, 0.25) is 0 Å². The fraction of sp³-hybridized carbons (Fsp3) is 1.00. The molecular formula is C14H28O. The van der Waals surface area contributed by atoms with E-state index >= 15 is 0 Å². The van der Waals surface area contributed by atoms with Gasteiger partial charge in [-0.05, 0) is 42.9 Å². The van der Waals surface area contributed by atoms with Crippen molar-refractivity contribution in [1.29, 1.82) is 0 Å². The quantitative estimate of drug-likeness (QED) is 0.753. The Morgan fingerprint density at radius 1 is 1.33 bits per heavy atom. The third-order valence-electron chi connectivity index (χ3n) is 4.62. The van der Waals surface area contributed by atoms with E-state index in [1.54, 1.807) is 0 Å². The van der Waals surface area contributed by atoms with Crippen molar-refractivity contribution in [2.45, 2.75) is 66.4 Å². The Morgan fingerprint density at radius 2 is 1.93 bits per heavy atom. The molecule has 0 spiro atoms. The second-order valence-electron chi connectivity index (χ2n) is 6.42. The molecule has 0 aromatic carbocycles. The average Bonchev–Trinajstić information content (AvgIpc) is 2.10. The summed E-state index contributed by atoms with van der Waals surface area (Å²) in [6.45, 7) is 11.3. The molecule has 0 radical (unpaired) electrons. The largest absolute Gasteiger partial charge is 0.393 e. The second kappa shape index (κ2) is 4.86. The van der Waals surface area contributed by atoms with E-state index in [0.717, 1.165) is 11.8 Å². The molecule has 1 aliphatic rings. The number of hydrogen-bond acceptors (Lipinski definition) is 1. The van der Waals surface area contributed by atoms with E-state index in [2.05, 4.69) is 27.7 Å². The molecule has 0 amide bonds. The van der Waals surface area contributed by atoms with Crippen LogP contribution in [0.1, 0.15) is 60.3 Å². The molecule has 1 rings (SSSR count). The summed E-state index contributed by atoms with van der Waals surface area (Å²) in [5.41, 5.74) is 0.473. The van der Waals surface area contributed by atoms with E-state index in [0.29, 0.717) is 11.3 Å². The molecule has 1 saturated carbocycles. The van der Waals surface area contributed by atoms with Gasteiger partial charge in [0.15, 0.2) is 0 Å². The monoisotopic (exact) mass is 212 g/mol. The second-order valence-corrected chi connectivity index (χ2v) is 6.42. The minimum atomic E-state index is -0.157. The molecule has 1 heteroatoms. The molecule has 90 valence electrons. The van der Waals surface area contributed by atoms with Gasteiger partial charge in [-0.3, -0.25) is 0 Å². The third-order valence-corrected chi connectivity index (χ3v) is 4.62. The lowest BCUT2D eigenvalue weighted by molar-refractivity contribution is 0.0357. The van der Waals surface area contributed by atoms with E-state index in [9.17, 15) is 5.11 Å². The van der Waals surface area contributed by atoms with Gasteiger partial charge in [0, 0.05) is 0 Å². The summed E-state index contributed by atoms with van der Waals surface area (Å²) < 4.78 is 0. The normalized spacial score (nSPS) is 34.8. The van der Waals surface area contributed by atoms with Crippen LogP contribution < -0.4 is 0 Å². The Labute approximate surface area is 95.3 Å². The summed E-state index contributed by atoms with van der Waals surface area (Å²) in [7, 11) is 0. The van der Waals surface area contributed by atoms with Gasteiger partial charge in [0.1, 0.15) is 0 Å². The van der Waals surface area contributed by atoms with Gasteiger partial charge in [-0.15, -0.1) is 0 Å². The lowest BCUT2D eigenvalue weighted by Crippen LogP contribution is -2.36. The van der Waals surface area contributed by atoms with Crippen LogP contribution in [-0.4, -0.2) is 11.2 Å². The van der Waals surface area contributed by atoms with E-state index in [1.807, 2.05) is 6.92 Å². The van der Waals surface area contributed by atoms with Crippen LogP contribution in [0.25, 0.3) is 0 Å². The molecule has 15 heavy (non-hydrogen) atoms. The van der Waals surface area contributed by atoms with Crippen molar-refractivity contribution in [2.75, 3.05) is 0 Å². The molecule has 0 unspecified atom stereocenters.